The molecule has 3 aromatic rings. The minimum atomic E-state index is -0.697. The van der Waals surface area contributed by atoms with Gasteiger partial charge in [-0.1, -0.05) is 30.3 Å². The van der Waals surface area contributed by atoms with Crippen LogP contribution >= 0.6 is 0 Å². The highest BCUT2D eigenvalue weighted by Crippen LogP contribution is 2.17. The molecule has 0 saturated carbocycles. The van der Waals surface area contributed by atoms with Crippen molar-refractivity contribution < 1.29 is 9.90 Å². The second kappa shape index (κ2) is 7.68. The zero-order valence-corrected chi connectivity index (χ0v) is 15.4. The Labute approximate surface area is 161 Å². The van der Waals surface area contributed by atoms with E-state index < -0.39 is 11.5 Å². The van der Waals surface area contributed by atoms with Gasteiger partial charge >= 0.3 is 0 Å². The lowest BCUT2D eigenvalue weighted by Gasteiger charge is -2.07. The molecule has 28 heavy (non-hydrogen) atoms. The third kappa shape index (κ3) is 3.57. The number of hydrogen-bond donors (Lipinski definition) is 2. The highest BCUT2D eigenvalue weighted by atomic mass is 16.3. The summed E-state index contributed by atoms with van der Waals surface area (Å²) < 4.78 is 3.08. The summed E-state index contributed by atoms with van der Waals surface area (Å²) in [5, 5.41) is 21.4. The Morgan fingerprint density at radius 1 is 1.18 bits per heavy atom. The van der Waals surface area contributed by atoms with Gasteiger partial charge in [-0.15, -0.1) is 0 Å². The summed E-state index contributed by atoms with van der Waals surface area (Å²) in [5.41, 5.74) is 1.24. The van der Waals surface area contributed by atoms with Crippen LogP contribution in [-0.2, 0) is 11.8 Å². The fourth-order valence-electron chi connectivity index (χ4n) is 2.82. The minimum absolute atomic E-state index is 0.0242. The summed E-state index contributed by atoms with van der Waals surface area (Å²) in [6, 6.07) is 17.1. The molecule has 0 aliphatic heterocycles. The highest BCUT2D eigenvalue weighted by molar-refractivity contribution is 6.09. The number of anilines is 1. The fourth-order valence-corrected chi connectivity index (χ4v) is 2.82. The predicted molar refractivity (Wildman–Crippen MR) is 106 cm³/mol. The van der Waals surface area contributed by atoms with Crippen molar-refractivity contribution in [2.24, 2.45) is 7.05 Å². The molecule has 0 atom stereocenters. The molecule has 0 bridgehead atoms. The first-order valence-corrected chi connectivity index (χ1v) is 8.48. The van der Waals surface area contributed by atoms with Gasteiger partial charge in [0.2, 0.25) is 0 Å². The molecule has 2 N–H and O–H groups in total. The lowest BCUT2D eigenvalue weighted by atomic mass is 10.1. The molecule has 2 aromatic carbocycles. The minimum Gasteiger partial charge on any atom is -0.508 e. The second-order valence-corrected chi connectivity index (χ2v) is 6.16. The summed E-state index contributed by atoms with van der Waals surface area (Å²) in [7, 11) is 1.72. The van der Waals surface area contributed by atoms with E-state index in [0.717, 1.165) is 0 Å². The van der Waals surface area contributed by atoms with Gasteiger partial charge < -0.3 is 10.4 Å². The van der Waals surface area contributed by atoms with Gasteiger partial charge in [0.25, 0.3) is 11.5 Å². The van der Waals surface area contributed by atoms with Crippen molar-refractivity contribution in [3.63, 3.8) is 0 Å². The van der Waals surface area contributed by atoms with E-state index in [2.05, 4.69) is 5.32 Å². The van der Waals surface area contributed by atoms with Gasteiger partial charge in [-0.2, -0.15) is 5.26 Å². The average molecular weight is 374 g/mol. The molecule has 0 fully saturated rings. The molecule has 1 aromatic heterocycles. The van der Waals surface area contributed by atoms with Crippen LogP contribution in [0.15, 0.2) is 65.0 Å². The number of phenols is 1. The lowest BCUT2D eigenvalue weighted by molar-refractivity contribution is -0.112. The van der Waals surface area contributed by atoms with Crippen LogP contribution in [0.5, 0.6) is 5.75 Å². The van der Waals surface area contributed by atoms with Crippen molar-refractivity contribution in [3.05, 3.63) is 81.8 Å². The lowest BCUT2D eigenvalue weighted by Crippen LogP contribution is -2.23. The molecular weight excluding hydrogens is 356 g/mol. The van der Waals surface area contributed by atoms with Crippen molar-refractivity contribution in [2.45, 2.75) is 6.92 Å². The third-order valence-corrected chi connectivity index (χ3v) is 4.34. The van der Waals surface area contributed by atoms with Crippen molar-refractivity contribution >= 4 is 17.7 Å². The van der Waals surface area contributed by atoms with Crippen LogP contribution in [0, 0.1) is 18.3 Å². The maximum atomic E-state index is 12.9. The molecule has 140 valence electrons. The molecule has 0 unspecified atom stereocenters. The van der Waals surface area contributed by atoms with E-state index in [1.807, 2.05) is 24.3 Å². The molecule has 0 aliphatic carbocycles. The van der Waals surface area contributed by atoms with E-state index in [4.69, 9.17) is 0 Å². The zero-order chi connectivity index (χ0) is 20.3. The normalized spacial score (nSPS) is 11.1. The third-order valence-electron chi connectivity index (χ3n) is 4.34. The van der Waals surface area contributed by atoms with Crippen LogP contribution < -0.4 is 10.9 Å². The summed E-state index contributed by atoms with van der Waals surface area (Å²) in [6.45, 7) is 1.71. The van der Waals surface area contributed by atoms with E-state index >= 15 is 0 Å². The fraction of sp³-hybridized carbons (Fsp3) is 0.0952. The maximum Gasteiger partial charge on any atom is 0.295 e. The van der Waals surface area contributed by atoms with Gasteiger partial charge in [-0.25, -0.2) is 4.68 Å². The first-order valence-electron chi connectivity index (χ1n) is 8.48. The zero-order valence-electron chi connectivity index (χ0n) is 15.4. The van der Waals surface area contributed by atoms with Crippen LogP contribution in [0.2, 0.25) is 0 Å². The molecular formula is C21H18N4O3. The number of nitriles is 1. The molecule has 3 rings (SSSR count). The van der Waals surface area contributed by atoms with Gasteiger partial charge in [0, 0.05) is 7.05 Å². The Kier molecular flexibility index (Phi) is 5.14. The van der Waals surface area contributed by atoms with Crippen molar-refractivity contribution in [1.82, 2.24) is 9.36 Å². The van der Waals surface area contributed by atoms with E-state index in [-0.39, 0.29) is 17.0 Å². The van der Waals surface area contributed by atoms with E-state index in [1.54, 1.807) is 42.9 Å². The molecule has 1 amide bonds. The SMILES string of the molecule is Cc1c(NC(=O)/C(C#N)=C/c2cccc(O)c2)c(=O)n(-c2ccccc2)n1C. The van der Waals surface area contributed by atoms with Crippen molar-refractivity contribution in [3.8, 4) is 17.5 Å². The number of nitrogens with zero attached hydrogens (tertiary/aromatic N) is 3. The average Bonchev–Trinajstić information content (AvgIpc) is 2.90. The molecule has 1 heterocycles. The summed E-state index contributed by atoms with van der Waals surface area (Å²) in [5.74, 6) is -0.673. The van der Waals surface area contributed by atoms with E-state index in [0.29, 0.717) is 16.9 Å². The largest absolute Gasteiger partial charge is 0.508 e. The molecule has 7 heteroatoms. The Morgan fingerprint density at radius 2 is 1.89 bits per heavy atom. The molecule has 0 radical (unpaired) electrons. The summed E-state index contributed by atoms with van der Waals surface area (Å²) >= 11 is 0. The van der Waals surface area contributed by atoms with Crippen LogP contribution in [0.3, 0.4) is 0 Å². The Bertz CT molecular complexity index is 1160. The quantitative estimate of drug-likeness (QED) is 0.542. The summed E-state index contributed by atoms with van der Waals surface area (Å²) in [6.07, 6.45) is 1.35. The summed E-state index contributed by atoms with van der Waals surface area (Å²) in [4.78, 5) is 25.4. The maximum absolute atomic E-state index is 12.9. The Balaban J connectivity index is 1.96. The Hall–Kier alpha value is -4.05. The van der Waals surface area contributed by atoms with Crippen molar-refractivity contribution in [1.29, 1.82) is 5.26 Å². The standard InChI is InChI=1S/C21H18N4O3/c1-14-19(21(28)25(24(14)2)17-8-4-3-5-9-17)23-20(27)16(13-22)11-15-7-6-10-18(26)12-15/h3-12,26H,1-2H3,(H,23,27)/b16-11+. The Morgan fingerprint density at radius 3 is 2.54 bits per heavy atom. The van der Waals surface area contributed by atoms with Crippen molar-refractivity contribution in [2.75, 3.05) is 5.32 Å². The number of phenolic OH excluding ortho intramolecular Hbond substituents is 1. The number of carbonyl (C=O) groups excluding carboxylic acids is 1. The van der Waals surface area contributed by atoms with Gasteiger partial charge in [-0.05, 0) is 42.8 Å². The monoisotopic (exact) mass is 374 g/mol. The number of amides is 1. The topological polar surface area (TPSA) is 100 Å². The molecule has 0 spiro atoms. The van der Waals surface area contributed by atoms with E-state index in [1.165, 1.54) is 22.9 Å². The molecule has 7 nitrogen and oxygen atoms in total. The first-order chi connectivity index (χ1) is 13.4. The van der Waals surface area contributed by atoms with Crippen LogP contribution in [0.1, 0.15) is 11.3 Å². The molecule has 0 saturated heterocycles. The number of hydrogen-bond acceptors (Lipinski definition) is 4. The van der Waals surface area contributed by atoms with Gasteiger partial charge in [0.1, 0.15) is 23.1 Å². The smallest absolute Gasteiger partial charge is 0.295 e. The number of carbonyl (C=O) groups is 1. The first kappa shape index (κ1) is 18.7. The number of rotatable bonds is 4. The van der Waals surface area contributed by atoms with Crippen LogP contribution in [0.25, 0.3) is 11.8 Å². The number of aromatic hydroxyl groups is 1. The predicted octanol–water partition coefficient (Wildman–Crippen LogP) is 2.74. The van der Waals surface area contributed by atoms with Crippen LogP contribution in [-0.4, -0.2) is 20.4 Å². The van der Waals surface area contributed by atoms with Gasteiger partial charge in [-0.3, -0.25) is 14.3 Å². The van der Waals surface area contributed by atoms with Crippen LogP contribution in [0.4, 0.5) is 5.69 Å². The van der Waals surface area contributed by atoms with Gasteiger partial charge in [0.15, 0.2) is 0 Å². The number of para-hydroxylation sites is 1. The second-order valence-electron chi connectivity index (χ2n) is 6.16. The molecule has 0 aliphatic rings. The van der Waals surface area contributed by atoms with Gasteiger partial charge in [0.05, 0.1) is 11.4 Å². The number of benzene rings is 2. The highest BCUT2D eigenvalue weighted by Gasteiger charge is 2.19. The number of aromatic nitrogens is 2. The van der Waals surface area contributed by atoms with E-state index in [9.17, 15) is 20.0 Å². The number of nitrogens with one attached hydrogen (secondary N) is 1.